The van der Waals surface area contributed by atoms with E-state index in [9.17, 15) is 5.11 Å². The molecule has 1 unspecified atom stereocenters. The first-order valence-corrected chi connectivity index (χ1v) is 4.70. The summed E-state index contributed by atoms with van der Waals surface area (Å²) < 4.78 is 0. The minimum atomic E-state index is -0.358. The highest BCUT2D eigenvalue weighted by molar-refractivity contribution is 5.36. The van der Waals surface area contributed by atoms with Crippen LogP contribution in [0.4, 0.5) is 5.82 Å². The monoisotopic (exact) mass is 195 g/mol. The predicted octanol–water partition coefficient (Wildman–Crippen LogP) is 0.910. The Morgan fingerprint density at radius 3 is 2.57 bits per heavy atom. The molecule has 0 saturated heterocycles. The number of likely N-dealkylation sites (N-methyl/N-ethyl adjacent to an activating group) is 1. The maximum absolute atomic E-state index is 9.22. The van der Waals surface area contributed by atoms with Crippen molar-refractivity contribution in [1.29, 1.82) is 0 Å². The number of aryl methyl sites for hydroxylation is 2. The molecule has 1 N–H and O–H groups in total. The smallest absolute Gasteiger partial charge is 0.147 e. The van der Waals surface area contributed by atoms with Gasteiger partial charge in [-0.05, 0) is 20.8 Å². The van der Waals surface area contributed by atoms with Crippen LogP contribution >= 0.6 is 0 Å². The number of aliphatic hydroxyl groups is 1. The number of anilines is 1. The number of nitrogens with zero attached hydrogens (tertiary/aromatic N) is 3. The third-order valence-corrected chi connectivity index (χ3v) is 2.11. The van der Waals surface area contributed by atoms with Gasteiger partial charge < -0.3 is 10.0 Å². The van der Waals surface area contributed by atoms with Crippen LogP contribution in [0.5, 0.6) is 0 Å². The van der Waals surface area contributed by atoms with Gasteiger partial charge >= 0.3 is 0 Å². The molecule has 0 saturated carbocycles. The van der Waals surface area contributed by atoms with Gasteiger partial charge in [0.05, 0.1) is 23.7 Å². The minimum Gasteiger partial charge on any atom is -0.392 e. The zero-order chi connectivity index (χ0) is 10.7. The minimum absolute atomic E-state index is 0.358. The van der Waals surface area contributed by atoms with Crippen molar-refractivity contribution in [2.24, 2.45) is 0 Å². The van der Waals surface area contributed by atoms with Gasteiger partial charge in [-0.25, -0.2) is 4.98 Å². The third-order valence-electron chi connectivity index (χ3n) is 2.11. The van der Waals surface area contributed by atoms with Crippen molar-refractivity contribution >= 4 is 5.82 Å². The summed E-state index contributed by atoms with van der Waals surface area (Å²) in [7, 11) is 1.89. The first-order chi connectivity index (χ1) is 6.50. The van der Waals surface area contributed by atoms with Gasteiger partial charge in [0, 0.05) is 13.6 Å². The van der Waals surface area contributed by atoms with Gasteiger partial charge in [-0.2, -0.15) is 0 Å². The van der Waals surface area contributed by atoms with Crippen molar-refractivity contribution in [2.45, 2.75) is 26.9 Å². The lowest BCUT2D eigenvalue weighted by Gasteiger charge is -2.19. The number of aromatic nitrogens is 2. The first kappa shape index (κ1) is 10.9. The number of hydrogen-bond donors (Lipinski definition) is 1. The van der Waals surface area contributed by atoms with E-state index in [1.807, 2.05) is 25.8 Å². The summed E-state index contributed by atoms with van der Waals surface area (Å²) in [5, 5.41) is 9.22. The summed E-state index contributed by atoms with van der Waals surface area (Å²) in [5.74, 6) is 0.800. The average Bonchev–Trinajstić information content (AvgIpc) is 2.08. The molecule has 0 aromatic carbocycles. The van der Waals surface area contributed by atoms with Crippen LogP contribution in [0.15, 0.2) is 6.20 Å². The summed E-state index contributed by atoms with van der Waals surface area (Å²) in [4.78, 5) is 10.5. The average molecular weight is 195 g/mol. The molecular formula is C10H17N3O. The van der Waals surface area contributed by atoms with Gasteiger partial charge in [0.2, 0.25) is 0 Å². The highest BCUT2D eigenvalue weighted by Crippen LogP contribution is 2.10. The topological polar surface area (TPSA) is 49.2 Å². The molecule has 1 rings (SSSR count). The third kappa shape index (κ3) is 2.67. The Kier molecular flexibility index (Phi) is 3.41. The second-order valence-electron chi connectivity index (χ2n) is 3.63. The molecule has 4 heteroatoms. The second-order valence-corrected chi connectivity index (χ2v) is 3.63. The van der Waals surface area contributed by atoms with Gasteiger partial charge in [-0.3, -0.25) is 4.98 Å². The van der Waals surface area contributed by atoms with Crippen molar-refractivity contribution in [3.05, 3.63) is 17.6 Å². The summed E-state index contributed by atoms with van der Waals surface area (Å²) in [6.07, 6.45) is 1.37. The number of hydrogen-bond acceptors (Lipinski definition) is 4. The Labute approximate surface area is 84.6 Å². The molecule has 1 heterocycles. The maximum atomic E-state index is 9.22. The molecule has 0 bridgehead atoms. The normalized spacial score (nSPS) is 12.6. The Bertz CT molecular complexity index is 312. The summed E-state index contributed by atoms with van der Waals surface area (Å²) in [5.41, 5.74) is 1.87. The molecule has 1 atom stereocenters. The van der Waals surface area contributed by atoms with Crippen LogP contribution in [0.3, 0.4) is 0 Å². The van der Waals surface area contributed by atoms with Crippen LogP contribution in [0.2, 0.25) is 0 Å². The van der Waals surface area contributed by atoms with E-state index in [4.69, 9.17) is 0 Å². The van der Waals surface area contributed by atoms with Gasteiger partial charge in [0.1, 0.15) is 5.82 Å². The van der Waals surface area contributed by atoms with Crippen molar-refractivity contribution in [3.63, 3.8) is 0 Å². The van der Waals surface area contributed by atoms with Crippen LogP contribution in [0, 0.1) is 13.8 Å². The molecule has 1 aromatic rings. The summed E-state index contributed by atoms with van der Waals surface area (Å²) in [6.45, 7) is 6.19. The zero-order valence-electron chi connectivity index (χ0n) is 9.15. The molecule has 0 fully saturated rings. The Hall–Kier alpha value is -1.16. The van der Waals surface area contributed by atoms with Gasteiger partial charge in [-0.15, -0.1) is 0 Å². The van der Waals surface area contributed by atoms with Gasteiger partial charge in [0.25, 0.3) is 0 Å². The standard InChI is InChI=1S/C10H17N3O/c1-7(14)6-13(4)10-5-11-8(2)9(3)12-10/h5,7,14H,6H2,1-4H3. The fourth-order valence-corrected chi connectivity index (χ4v) is 1.20. The van der Waals surface area contributed by atoms with Crippen LogP contribution in [-0.2, 0) is 0 Å². The lowest BCUT2D eigenvalue weighted by Crippen LogP contribution is -2.27. The number of aliphatic hydroxyl groups excluding tert-OH is 1. The van der Waals surface area contributed by atoms with E-state index < -0.39 is 0 Å². The van der Waals surface area contributed by atoms with E-state index >= 15 is 0 Å². The Morgan fingerprint density at radius 2 is 2.07 bits per heavy atom. The lowest BCUT2D eigenvalue weighted by atomic mass is 10.3. The molecule has 0 spiro atoms. The molecule has 0 aliphatic rings. The van der Waals surface area contributed by atoms with Crippen LogP contribution in [0.25, 0.3) is 0 Å². The second kappa shape index (κ2) is 4.37. The lowest BCUT2D eigenvalue weighted by molar-refractivity contribution is 0.201. The molecule has 1 aromatic heterocycles. The molecule has 78 valence electrons. The molecule has 14 heavy (non-hydrogen) atoms. The van der Waals surface area contributed by atoms with E-state index in [0.717, 1.165) is 17.2 Å². The Balaban J connectivity index is 2.80. The van der Waals surface area contributed by atoms with Crippen molar-refractivity contribution in [3.8, 4) is 0 Å². The van der Waals surface area contributed by atoms with Crippen LogP contribution in [0.1, 0.15) is 18.3 Å². The fourth-order valence-electron chi connectivity index (χ4n) is 1.20. The highest BCUT2D eigenvalue weighted by Gasteiger charge is 2.07. The van der Waals surface area contributed by atoms with Crippen LogP contribution < -0.4 is 4.90 Å². The first-order valence-electron chi connectivity index (χ1n) is 4.70. The van der Waals surface area contributed by atoms with E-state index in [0.29, 0.717) is 6.54 Å². The molecule has 4 nitrogen and oxygen atoms in total. The van der Waals surface area contributed by atoms with Crippen molar-refractivity contribution < 1.29 is 5.11 Å². The van der Waals surface area contributed by atoms with E-state index in [1.165, 1.54) is 0 Å². The molecule has 0 radical (unpaired) electrons. The highest BCUT2D eigenvalue weighted by atomic mass is 16.3. The molecule has 0 aliphatic carbocycles. The Morgan fingerprint density at radius 1 is 1.43 bits per heavy atom. The van der Waals surface area contributed by atoms with Crippen molar-refractivity contribution in [2.75, 3.05) is 18.5 Å². The fraction of sp³-hybridized carbons (Fsp3) is 0.600. The predicted molar refractivity (Wildman–Crippen MR) is 56.5 cm³/mol. The molecular weight excluding hydrogens is 178 g/mol. The number of rotatable bonds is 3. The van der Waals surface area contributed by atoms with Gasteiger partial charge in [0.15, 0.2) is 0 Å². The van der Waals surface area contributed by atoms with Crippen LogP contribution in [-0.4, -0.2) is 34.8 Å². The van der Waals surface area contributed by atoms with E-state index in [1.54, 1.807) is 13.1 Å². The maximum Gasteiger partial charge on any atom is 0.147 e. The molecule has 0 amide bonds. The SMILES string of the molecule is Cc1ncc(N(C)CC(C)O)nc1C. The summed E-state index contributed by atoms with van der Waals surface area (Å²) >= 11 is 0. The van der Waals surface area contributed by atoms with E-state index in [-0.39, 0.29) is 6.10 Å². The quantitative estimate of drug-likeness (QED) is 0.779. The zero-order valence-corrected chi connectivity index (χ0v) is 9.15. The van der Waals surface area contributed by atoms with Crippen molar-refractivity contribution in [1.82, 2.24) is 9.97 Å². The van der Waals surface area contributed by atoms with Gasteiger partial charge in [-0.1, -0.05) is 0 Å². The van der Waals surface area contributed by atoms with E-state index in [2.05, 4.69) is 9.97 Å². The largest absolute Gasteiger partial charge is 0.392 e. The summed E-state index contributed by atoms with van der Waals surface area (Å²) in [6, 6.07) is 0. The molecule has 0 aliphatic heterocycles.